The molecule has 1 saturated carbocycles. The number of nitrogens with one attached hydrogen (secondary N) is 1. The number of alkyl carbamates (subject to hydrolysis) is 1. The summed E-state index contributed by atoms with van der Waals surface area (Å²) in [6, 6.07) is 1.84. The number of ether oxygens (including phenoxy) is 1. The van der Waals surface area contributed by atoms with Gasteiger partial charge < -0.3 is 19.4 Å². The second-order valence-corrected chi connectivity index (χ2v) is 7.26. The molecular weight excluding hydrogens is 405 g/mol. The molecule has 2 heterocycles. The van der Waals surface area contributed by atoms with E-state index >= 15 is 0 Å². The number of fused-ring (bicyclic) bond motifs is 1. The Kier molecular flexibility index (Phi) is 5.35. The van der Waals surface area contributed by atoms with Crippen LogP contribution in [-0.2, 0) is 11.3 Å². The van der Waals surface area contributed by atoms with Crippen LogP contribution < -0.4 is 5.32 Å². The summed E-state index contributed by atoms with van der Waals surface area (Å²) in [4.78, 5) is 26.3. The van der Waals surface area contributed by atoms with Gasteiger partial charge in [-0.2, -0.15) is 8.78 Å². The molecule has 1 aromatic carbocycles. The minimum absolute atomic E-state index is 0.0497. The van der Waals surface area contributed by atoms with E-state index in [2.05, 4.69) is 20.3 Å². The summed E-state index contributed by atoms with van der Waals surface area (Å²) in [6.45, 7) is 0.0520. The number of nitrogens with zero attached hydrogens (tertiary/aromatic N) is 3. The number of amides is 2. The molecule has 0 radical (unpaired) electrons. The summed E-state index contributed by atoms with van der Waals surface area (Å²) in [5, 5.41) is 9.50. The second-order valence-electron chi connectivity index (χ2n) is 7.26. The molecular formula is C19H19F3N4O4. The number of halogens is 3. The van der Waals surface area contributed by atoms with Gasteiger partial charge in [-0.05, 0) is 25.0 Å². The zero-order valence-corrected chi connectivity index (χ0v) is 16.0. The van der Waals surface area contributed by atoms with Crippen molar-refractivity contribution in [1.29, 1.82) is 0 Å². The number of rotatable bonds is 4. The number of carbonyl (C=O) groups excluding carboxylic acids is 2. The third kappa shape index (κ3) is 3.59. The fraction of sp³-hybridized carbons (Fsp3) is 0.474. The lowest BCUT2D eigenvalue weighted by atomic mass is 9.89. The van der Waals surface area contributed by atoms with Crippen molar-refractivity contribution in [2.75, 3.05) is 7.11 Å². The number of benzene rings is 1. The molecule has 0 saturated heterocycles. The van der Waals surface area contributed by atoms with Crippen LogP contribution in [0.3, 0.4) is 0 Å². The van der Waals surface area contributed by atoms with Crippen molar-refractivity contribution in [2.24, 2.45) is 0 Å². The van der Waals surface area contributed by atoms with E-state index in [1.54, 1.807) is 0 Å². The molecule has 0 bridgehead atoms. The van der Waals surface area contributed by atoms with Gasteiger partial charge in [0.25, 0.3) is 11.8 Å². The van der Waals surface area contributed by atoms with Gasteiger partial charge in [0.15, 0.2) is 0 Å². The molecule has 160 valence electrons. The normalized spacial score (nSPS) is 21.1. The average molecular weight is 424 g/mol. The van der Waals surface area contributed by atoms with E-state index in [0.717, 1.165) is 18.9 Å². The van der Waals surface area contributed by atoms with Gasteiger partial charge in [0.2, 0.25) is 5.89 Å². The van der Waals surface area contributed by atoms with Crippen LogP contribution in [-0.4, -0.2) is 46.3 Å². The van der Waals surface area contributed by atoms with Gasteiger partial charge in [0.05, 0.1) is 25.7 Å². The Morgan fingerprint density at radius 3 is 2.77 bits per heavy atom. The number of aromatic nitrogens is 2. The topological polar surface area (TPSA) is 97.6 Å². The Labute approximate surface area is 169 Å². The first-order valence-electron chi connectivity index (χ1n) is 9.48. The fourth-order valence-electron chi connectivity index (χ4n) is 4.08. The minimum atomic E-state index is -2.95. The molecule has 2 aliphatic rings. The Balaban J connectivity index is 1.62. The van der Waals surface area contributed by atoms with Crippen molar-refractivity contribution in [1.82, 2.24) is 20.4 Å². The summed E-state index contributed by atoms with van der Waals surface area (Å²) < 4.78 is 49.7. The second kappa shape index (κ2) is 7.96. The smallest absolute Gasteiger partial charge is 0.407 e. The molecule has 11 heteroatoms. The van der Waals surface area contributed by atoms with Crippen LogP contribution in [0, 0.1) is 5.82 Å². The third-order valence-electron chi connectivity index (χ3n) is 5.51. The lowest BCUT2D eigenvalue weighted by molar-refractivity contribution is 0.0595. The maximum absolute atomic E-state index is 14.8. The molecule has 1 N–H and O–H groups in total. The first-order chi connectivity index (χ1) is 14.4. The van der Waals surface area contributed by atoms with E-state index in [1.165, 1.54) is 18.1 Å². The van der Waals surface area contributed by atoms with E-state index in [4.69, 9.17) is 4.42 Å². The molecule has 2 atom stereocenters. The molecule has 0 spiro atoms. The van der Waals surface area contributed by atoms with Gasteiger partial charge in [0.1, 0.15) is 5.82 Å². The number of hydrogen-bond donors (Lipinski definition) is 1. The van der Waals surface area contributed by atoms with E-state index in [-0.39, 0.29) is 41.2 Å². The summed E-state index contributed by atoms with van der Waals surface area (Å²) in [6.07, 6.45) is -0.446. The molecule has 1 fully saturated rings. The lowest BCUT2D eigenvalue weighted by Crippen LogP contribution is -2.53. The quantitative estimate of drug-likeness (QED) is 0.808. The van der Waals surface area contributed by atoms with Crippen molar-refractivity contribution < 1.29 is 31.9 Å². The summed E-state index contributed by atoms with van der Waals surface area (Å²) in [5.74, 6) is -2.23. The maximum atomic E-state index is 14.8. The summed E-state index contributed by atoms with van der Waals surface area (Å²) in [5.41, 5.74) is 0.373. The van der Waals surface area contributed by atoms with Crippen molar-refractivity contribution in [3.05, 3.63) is 35.0 Å². The highest BCUT2D eigenvalue weighted by Crippen LogP contribution is 2.35. The number of hydrogen-bond acceptors (Lipinski definition) is 6. The van der Waals surface area contributed by atoms with Crippen molar-refractivity contribution in [2.45, 2.75) is 50.7 Å². The Morgan fingerprint density at radius 1 is 1.30 bits per heavy atom. The van der Waals surface area contributed by atoms with Gasteiger partial charge in [-0.25, -0.2) is 9.18 Å². The molecule has 0 unspecified atom stereocenters. The zero-order chi connectivity index (χ0) is 21.4. The highest BCUT2D eigenvalue weighted by molar-refractivity contribution is 5.99. The van der Waals surface area contributed by atoms with E-state index in [1.807, 2.05) is 0 Å². The Hall–Kier alpha value is -3.11. The minimum Gasteiger partial charge on any atom is -0.453 e. The van der Waals surface area contributed by atoms with E-state index in [9.17, 15) is 22.8 Å². The predicted molar refractivity (Wildman–Crippen MR) is 96.1 cm³/mol. The van der Waals surface area contributed by atoms with Crippen LogP contribution in [0.2, 0.25) is 0 Å². The predicted octanol–water partition coefficient (Wildman–Crippen LogP) is 3.44. The maximum Gasteiger partial charge on any atom is 0.407 e. The first kappa shape index (κ1) is 20.2. The molecule has 1 aromatic heterocycles. The van der Waals surface area contributed by atoms with Crippen LogP contribution in [0.5, 0.6) is 0 Å². The van der Waals surface area contributed by atoms with Gasteiger partial charge in [-0.3, -0.25) is 4.79 Å². The van der Waals surface area contributed by atoms with Crippen LogP contribution in [0.1, 0.15) is 53.9 Å². The Bertz CT molecular complexity index is 981. The van der Waals surface area contributed by atoms with E-state index < -0.39 is 30.1 Å². The van der Waals surface area contributed by atoms with Crippen molar-refractivity contribution >= 4 is 12.0 Å². The lowest BCUT2D eigenvalue weighted by Gasteiger charge is -2.37. The monoisotopic (exact) mass is 424 g/mol. The number of methoxy groups -OCH3 is 1. The summed E-state index contributed by atoms with van der Waals surface area (Å²) >= 11 is 0. The fourth-order valence-corrected chi connectivity index (χ4v) is 4.08. The van der Waals surface area contributed by atoms with Gasteiger partial charge >= 0.3 is 12.5 Å². The highest BCUT2D eigenvalue weighted by atomic mass is 19.3. The molecule has 30 heavy (non-hydrogen) atoms. The third-order valence-corrected chi connectivity index (χ3v) is 5.51. The van der Waals surface area contributed by atoms with Crippen LogP contribution in [0.25, 0.3) is 11.5 Å². The first-order valence-corrected chi connectivity index (χ1v) is 9.48. The van der Waals surface area contributed by atoms with Gasteiger partial charge in [-0.15, -0.1) is 10.2 Å². The van der Waals surface area contributed by atoms with Crippen LogP contribution >= 0.6 is 0 Å². The molecule has 2 aromatic rings. The average Bonchev–Trinajstić information content (AvgIpc) is 3.34. The molecule has 2 amide bonds. The number of carbonyl (C=O) groups is 2. The van der Waals surface area contributed by atoms with Crippen molar-refractivity contribution in [3.8, 4) is 11.5 Å². The van der Waals surface area contributed by atoms with Crippen LogP contribution in [0.15, 0.2) is 16.5 Å². The number of alkyl halides is 2. The highest BCUT2D eigenvalue weighted by Gasteiger charge is 2.40. The van der Waals surface area contributed by atoms with Gasteiger partial charge in [0, 0.05) is 16.7 Å². The largest absolute Gasteiger partial charge is 0.453 e. The van der Waals surface area contributed by atoms with E-state index in [0.29, 0.717) is 12.8 Å². The van der Waals surface area contributed by atoms with Gasteiger partial charge in [-0.1, -0.05) is 12.8 Å². The standard InChI is InChI=1S/C19H19F3N4O4/c1-29-19(28)23-13-4-2-3-5-14(13)26-8-11-10(18(26)27)6-9(7-12(11)20)16-24-25-17(30-16)15(21)22/h6-7,13-15H,2-5,8H2,1H3,(H,23,28)/t13-,14-/m1/s1. The molecule has 1 aliphatic carbocycles. The molecule has 1 aliphatic heterocycles. The Morgan fingerprint density at radius 2 is 2.07 bits per heavy atom. The van der Waals surface area contributed by atoms with Crippen molar-refractivity contribution in [3.63, 3.8) is 0 Å². The molecule has 4 rings (SSSR count). The SMILES string of the molecule is COC(=O)N[C@@H]1CCCC[C@H]1N1Cc2c(F)cc(-c3nnc(C(F)F)o3)cc2C1=O. The van der Waals surface area contributed by atoms with Crippen LogP contribution in [0.4, 0.5) is 18.0 Å². The molecule has 8 nitrogen and oxygen atoms in total. The zero-order valence-electron chi connectivity index (χ0n) is 16.0. The summed E-state index contributed by atoms with van der Waals surface area (Å²) in [7, 11) is 1.26.